The van der Waals surface area contributed by atoms with Gasteiger partial charge in [0.05, 0.1) is 19.3 Å². The summed E-state index contributed by atoms with van der Waals surface area (Å²) < 4.78 is 1.66. The molecule has 1 aromatic heterocycles. The number of carbonyl (C=O) groups is 1. The van der Waals surface area contributed by atoms with Gasteiger partial charge in [0.15, 0.2) is 0 Å². The Bertz CT molecular complexity index is 434. The summed E-state index contributed by atoms with van der Waals surface area (Å²) in [4.78, 5) is 13.0. The van der Waals surface area contributed by atoms with E-state index in [9.17, 15) is 4.79 Å². The average molecular weight is 254 g/mol. The maximum absolute atomic E-state index is 11.0. The van der Waals surface area contributed by atoms with E-state index in [1.807, 2.05) is 11.1 Å². The van der Waals surface area contributed by atoms with Crippen molar-refractivity contribution < 1.29 is 15.0 Å². The quantitative estimate of drug-likeness (QED) is 0.613. The number of rotatable bonds is 5. The van der Waals surface area contributed by atoms with Crippen LogP contribution >= 0.6 is 0 Å². The van der Waals surface area contributed by atoms with E-state index in [0.29, 0.717) is 32.6 Å². The third-order valence-electron chi connectivity index (χ3n) is 3.23. The smallest absolute Gasteiger partial charge is 0.325 e. The third-order valence-corrected chi connectivity index (χ3v) is 3.23. The molecular weight excluding hydrogens is 236 g/mol. The first-order valence-corrected chi connectivity index (χ1v) is 5.90. The normalized spacial score (nSPS) is 24.6. The number of hydrogen-bond acceptors (Lipinski definition) is 5. The average Bonchev–Trinajstić information content (AvgIpc) is 2.88. The summed E-state index contributed by atoms with van der Waals surface area (Å²) in [5, 5.41) is 21.9. The summed E-state index contributed by atoms with van der Waals surface area (Å²) in [5.41, 5.74) is 5.68. The highest BCUT2D eigenvalue weighted by Gasteiger charge is 2.41. The van der Waals surface area contributed by atoms with E-state index in [-0.39, 0.29) is 6.61 Å². The van der Waals surface area contributed by atoms with Gasteiger partial charge >= 0.3 is 5.97 Å². The Labute approximate surface area is 105 Å². The molecular formula is C11H18N4O3. The fourth-order valence-corrected chi connectivity index (χ4v) is 2.20. The van der Waals surface area contributed by atoms with E-state index in [4.69, 9.17) is 15.9 Å². The Morgan fingerprint density at radius 3 is 3.00 bits per heavy atom. The van der Waals surface area contributed by atoms with Gasteiger partial charge in [-0.15, -0.1) is 0 Å². The van der Waals surface area contributed by atoms with Gasteiger partial charge < -0.3 is 15.9 Å². The molecule has 0 saturated carbocycles. The summed E-state index contributed by atoms with van der Waals surface area (Å²) in [7, 11) is 0. The van der Waals surface area contributed by atoms with Crippen molar-refractivity contribution in [1.82, 2.24) is 14.7 Å². The number of aliphatic hydroxyl groups is 1. The van der Waals surface area contributed by atoms with Crippen LogP contribution in [0.5, 0.6) is 0 Å². The summed E-state index contributed by atoms with van der Waals surface area (Å²) in [6, 6.07) is 0. The van der Waals surface area contributed by atoms with Crippen molar-refractivity contribution in [2.45, 2.75) is 25.0 Å². The lowest BCUT2D eigenvalue weighted by atomic mass is 10.0. The summed E-state index contributed by atoms with van der Waals surface area (Å²) in [6.45, 7) is 2.19. The van der Waals surface area contributed by atoms with E-state index < -0.39 is 11.5 Å². The van der Waals surface area contributed by atoms with Crippen LogP contribution in [0.15, 0.2) is 12.4 Å². The molecule has 0 spiro atoms. The van der Waals surface area contributed by atoms with Crippen molar-refractivity contribution in [1.29, 1.82) is 0 Å². The Morgan fingerprint density at radius 1 is 1.61 bits per heavy atom. The number of nitrogens with two attached hydrogens (primary N) is 1. The zero-order valence-corrected chi connectivity index (χ0v) is 10.1. The van der Waals surface area contributed by atoms with Gasteiger partial charge in [0, 0.05) is 31.4 Å². The number of nitrogens with zero attached hydrogens (tertiary/aromatic N) is 3. The van der Waals surface area contributed by atoms with Crippen molar-refractivity contribution in [3.63, 3.8) is 0 Å². The number of aliphatic hydroxyl groups excluding tert-OH is 1. The lowest BCUT2D eigenvalue weighted by molar-refractivity contribution is -0.142. The van der Waals surface area contributed by atoms with Gasteiger partial charge in [-0.3, -0.25) is 14.4 Å². The highest BCUT2D eigenvalue weighted by atomic mass is 16.4. The minimum absolute atomic E-state index is 0.0513. The molecule has 18 heavy (non-hydrogen) atoms. The van der Waals surface area contributed by atoms with Crippen LogP contribution in [0.4, 0.5) is 0 Å². The van der Waals surface area contributed by atoms with Crippen LogP contribution in [0, 0.1) is 0 Å². The van der Waals surface area contributed by atoms with E-state index >= 15 is 0 Å². The fourth-order valence-electron chi connectivity index (χ4n) is 2.20. The van der Waals surface area contributed by atoms with Gasteiger partial charge in [-0.25, -0.2) is 0 Å². The molecule has 0 bridgehead atoms. The molecule has 0 radical (unpaired) electrons. The number of aliphatic carboxylic acids is 1. The molecule has 4 N–H and O–H groups in total. The predicted octanol–water partition coefficient (Wildman–Crippen LogP) is -1.14. The molecule has 1 unspecified atom stereocenters. The molecule has 0 aliphatic carbocycles. The van der Waals surface area contributed by atoms with Crippen LogP contribution < -0.4 is 5.73 Å². The van der Waals surface area contributed by atoms with Crippen molar-refractivity contribution in [3.8, 4) is 0 Å². The van der Waals surface area contributed by atoms with Gasteiger partial charge in [0.2, 0.25) is 0 Å². The van der Waals surface area contributed by atoms with Crippen LogP contribution in [-0.2, 0) is 17.9 Å². The highest BCUT2D eigenvalue weighted by Crippen LogP contribution is 2.20. The summed E-state index contributed by atoms with van der Waals surface area (Å²) >= 11 is 0. The Hall–Kier alpha value is -1.44. The molecule has 1 fully saturated rings. The Morgan fingerprint density at radius 2 is 2.39 bits per heavy atom. The fraction of sp³-hybridized carbons (Fsp3) is 0.636. The third kappa shape index (κ3) is 2.69. The van der Waals surface area contributed by atoms with Gasteiger partial charge in [-0.2, -0.15) is 5.10 Å². The first kappa shape index (κ1) is 13.0. The van der Waals surface area contributed by atoms with Crippen LogP contribution in [0.2, 0.25) is 0 Å². The topological polar surface area (TPSA) is 105 Å². The van der Waals surface area contributed by atoms with Crippen LogP contribution in [0.25, 0.3) is 0 Å². The van der Waals surface area contributed by atoms with Crippen LogP contribution in [0.3, 0.4) is 0 Å². The number of carboxylic acids is 1. The van der Waals surface area contributed by atoms with E-state index in [1.165, 1.54) is 0 Å². The molecule has 100 valence electrons. The molecule has 2 heterocycles. The molecule has 0 aromatic carbocycles. The van der Waals surface area contributed by atoms with E-state index in [1.54, 1.807) is 10.9 Å². The lowest BCUT2D eigenvalue weighted by Gasteiger charge is -2.19. The number of hydrogen-bond donors (Lipinski definition) is 3. The summed E-state index contributed by atoms with van der Waals surface area (Å²) in [6.07, 6.45) is 4.05. The number of likely N-dealkylation sites (tertiary alicyclic amines) is 1. The molecule has 7 nitrogen and oxygen atoms in total. The van der Waals surface area contributed by atoms with Gasteiger partial charge in [-0.05, 0) is 6.42 Å². The second-order valence-corrected chi connectivity index (χ2v) is 4.76. The summed E-state index contributed by atoms with van der Waals surface area (Å²) in [5.74, 6) is -0.944. The van der Waals surface area contributed by atoms with Gasteiger partial charge in [-0.1, -0.05) is 0 Å². The molecule has 1 aliphatic rings. The maximum Gasteiger partial charge on any atom is 0.325 e. The first-order chi connectivity index (χ1) is 8.53. The SMILES string of the molecule is NC1(C(=O)O)CCN(Cc2cnn(CCO)c2)C1. The van der Waals surface area contributed by atoms with Crippen LogP contribution in [-0.4, -0.2) is 56.1 Å². The lowest BCUT2D eigenvalue weighted by Crippen LogP contribution is -2.50. The first-order valence-electron chi connectivity index (χ1n) is 5.90. The molecule has 2 rings (SSSR count). The minimum atomic E-state index is -1.12. The zero-order chi connectivity index (χ0) is 13.2. The van der Waals surface area contributed by atoms with Crippen molar-refractivity contribution in [3.05, 3.63) is 18.0 Å². The molecule has 0 amide bonds. The number of carboxylic acid groups (broad SMARTS) is 1. The number of aromatic nitrogens is 2. The monoisotopic (exact) mass is 254 g/mol. The largest absolute Gasteiger partial charge is 0.480 e. The minimum Gasteiger partial charge on any atom is -0.480 e. The molecule has 1 atom stereocenters. The van der Waals surface area contributed by atoms with Crippen molar-refractivity contribution in [2.24, 2.45) is 5.73 Å². The molecule has 1 aromatic rings. The second-order valence-electron chi connectivity index (χ2n) is 4.76. The molecule has 1 saturated heterocycles. The predicted molar refractivity (Wildman–Crippen MR) is 63.8 cm³/mol. The second kappa shape index (κ2) is 5.05. The molecule has 1 aliphatic heterocycles. The standard InChI is InChI=1S/C11H18N4O3/c12-11(10(17)18)1-2-14(8-11)6-9-5-13-15(7-9)3-4-16/h5,7,16H,1-4,6,8,12H2,(H,17,18). The Kier molecular flexibility index (Phi) is 3.65. The van der Waals surface area contributed by atoms with Gasteiger partial charge in [0.1, 0.15) is 5.54 Å². The Balaban J connectivity index is 1.93. The van der Waals surface area contributed by atoms with E-state index in [0.717, 1.165) is 5.56 Å². The highest BCUT2D eigenvalue weighted by molar-refractivity contribution is 5.79. The van der Waals surface area contributed by atoms with E-state index in [2.05, 4.69) is 5.10 Å². The van der Waals surface area contributed by atoms with Gasteiger partial charge in [0.25, 0.3) is 0 Å². The zero-order valence-electron chi connectivity index (χ0n) is 10.1. The van der Waals surface area contributed by atoms with Crippen molar-refractivity contribution in [2.75, 3.05) is 19.7 Å². The molecule has 7 heteroatoms. The van der Waals surface area contributed by atoms with Crippen LogP contribution in [0.1, 0.15) is 12.0 Å². The maximum atomic E-state index is 11.0. The van der Waals surface area contributed by atoms with Crippen molar-refractivity contribution >= 4 is 5.97 Å².